The Morgan fingerprint density at radius 2 is 1.45 bits per heavy atom. The Hall–Kier alpha value is -3.14. The molecule has 0 amide bonds. The summed E-state index contributed by atoms with van der Waals surface area (Å²) in [5.41, 5.74) is 2.85. The first kappa shape index (κ1) is 12.6. The van der Waals surface area contributed by atoms with E-state index >= 15 is 0 Å². The summed E-state index contributed by atoms with van der Waals surface area (Å²) in [5.74, 6) is -2.45. The second kappa shape index (κ2) is 4.18. The summed E-state index contributed by atoms with van der Waals surface area (Å²) in [7, 11) is 0. The first-order valence-corrected chi connectivity index (χ1v) is 6.75. The summed E-state index contributed by atoms with van der Waals surface area (Å²) in [5, 5.41) is 20.5. The van der Waals surface area contributed by atoms with E-state index in [1.54, 1.807) is 0 Å². The monoisotopic (exact) mass is 290 g/mol. The van der Waals surface area contributed by atoms with Crippen molar-refractivity contribution in [3.63, 3.8) is 0 Å². The molecule has 4 nitrogen and oxygen atoms in total. The molecule has 0 aliphatic heterocycles. The fraction of sp³-hybridized carbons (Fsp3) is 0. The first-order chi connectivity index (χ1) is 10.6. The van der Waals surface area contributed by atoms with Crippen molar-refractivity contribution in [2.75, 3.05) is 0 Å². The number of carbonyl (C=O) groups is 2. The Bertz CT molecular complexity index is 986. The van der Waals surface area contributed by atoms with E-state index in [0.717, 1.165) is 27.5 Å². The van der Waals surface area contributed by atoms with Crippen molar-refractivity contribution in [2.24, 2.45) is 0 Å². The zero-order valence-corrected chi connectivity index (χ0v) is 11.3. The molecule has 0 spiro atoms. The molecule has 3 aromatic rings. The molecule has 22 heavy (non-hydrogen) atoms. The van der Waals surface area contributed by atoms with Gasteiger partial charge in [0, 0.05) is 5.56 Å². The Morgan fingerprint density at radius 1 is 0.773 bits per heavy atom. The zero-order valence-electron chi connectivity index (χ0n) is 11.3. The largest absolute Gasteiger partial charge is 0.478 e. The third-order valence-corrected chi connectivity index (χ3v) is 4.10. The molecular formula is C18H10O4. The summed E-state index contributed by atoms with van der Waals surface area (Å²) in [6, 6.07) is 14.5. The lowest BCUT2D eigenvalue weighted by atomic mass is 9.93. The SMILES string of the molecule is O=C(O)c1cc2cccc3c2c(c1C(=O)O)-c1ccccc1-3. The van der Waals surface area contributed by atoms with Gasteiger partial charge in [0.25, 0.3) is 0 Å². The van der Waals surface area contributed by atoms with Gasteiger partial charge in [0.1, 0.15) is 0 Å². The van der Waals surface area contributed by atoms with Gasteiger partial charge in [-0.3, -0.25) is 0 Å². The highest BCUT2D eigenvalue weighted by Gasteiger charge is 2.30. The lowest BCUT2D eigenvalue weighted by Gasteiger charge is -2.10. The van der Waals surface area contributed by atoms with E-state index in [4.69, 9.17) is 0 Å². The third kappa shape index (κ3) is 1.46. The van der Waals surface area contributed by atoms with Crippen LogP contribution < -0.4 is 0 Å². The highest BCUT2D eigenvalue weighted by atomic mass is 16.4. The lowest BCUT2D eigenvalue weighted by molar-refractivity contribution is 0.0652. The van der Waals surface area contributed by atoms with Crippen LogP contribution in [0.1, 0.15) is 20.7 Å². The van der Waals surface area contributed by atoms with Gasteiger partial charge in [-0.2, -0.15) is 0 Å². The van der Waals surface area contributed by atoms with E-state index in [9.17, 15) is 19.8 Å². The minimum atomic E-state index is -1.23. The molecular weight excluding hydrogens is 280 g/mol. The summed E-state index contributed by atoms with van der Waals surface area (Å²) in [4.78, 5) is 23.2. The average Bonchev–Trinajstić information content (AvgIpc) is 2.84. The second-order valence-electron chi connectivity index (χ2n) is 5.23. The molecule has 0 unspecified atom stereocenters. The topological polar surface area (TPSA) is 74.6 Å². The maximum atomic E-state index is 11.7. The summed E-state index contributed by atoms with van der Waals surface area (Å²) < 4.78 is 0. The molecule has 2 N–H and O–H groups in total. The van der Waals surface area contributed by atoms with Crippen molar-refractivity contribution < 1.29 is 19.8 Å². The van der Waals surface area contributed by atoms with Gasteiger partial charge in [-0.25, -0.2) is 9.59 Å². The van der Waals surface area contributed by atoms with Gasteiger partial charge in [-0.05, 0) is 33.5 Å². The first-order valence-electron chi connectivity index (χ1n) is 6.75. The van der Waals surface area contributed by atoms with Gasteiger partial charge < -0.3 is 10.2 Å². The molecule has 0 saturated carbocycles. The number of hydrogen-bond donors (Lipinski definition) is 2. The number of carboxylic acid groups (broad SMARTS) is 2. The molecule has 106 valence electrons. The fourth-order valence-corrected chi connectivity index (χ4v) is 3.28. The molecule has 0 atom stereocenters. The lowest BCUT2D eigenvalue weighted by Crippen LogP contribution is -2.09. The quantitative estimate of drug-likeness (QED) is 0.587. The molecule has 1 aliphatic rings. The molecule has 1 aliphatic carbocycles. The summed E-state index contributed by atoms with van der Waals surface area (Å²) in [6.07, 6.45) is 0. The number of rotatable bonds is 2. The Labute approximate surface area is 125 Å². The summed E-state index contributed by atoms with van der Waals surface area (Å²) >= 11 is 0. The Kier molecular flexibility index (Phi) is 2.39. The molecule has 0 aromatic heterocycles. The molecule has 0 radical (unpaired) electrons. The normalized spacial score (nSPS) is 11.5. The van der Waals surface area contributed by atoms with Gasteiger partial charge in [-0.15, -0.1) is 0 Å². The molecule has 0 bridgehead atoms. The van der Waals surface area contributed by atoms with E-state index in [1.807, 2.05) is 42.5 Å². The Morgan fingerprint density at radius 3 is 2.14 bits per heavy atom. The highest BCUT2D eigenvalue weighted by Crippen LogP contribution is 2.49. The predicted octanol–water partition coefficient (Wildman–Crippen LogP) is 3.88. The van der Waals surface area contributed by atoms with Crippen LogP contribution >= 0.6 is 0 Å². The van der Waals surface area contributed by atoms with Crippen molar-refractivity contribution in [3.8, 4) is 22.3 Å². The molecule has 0 fully saturated rings. The van der Waals surface area contributed by atoms with Crippen LogP contribution in [-0.2, 0) is 0 Å². The van der Waals surface area contributed by atoms with Crippen LogP contribution in [0.3, 0.4) is 0 Å². The van der Waals surface area contributed by atoms with E-state index in [-0.39, 0.29) is 11.1 Å². The fourth-order valence-electron chi connectivity index (χ4n) is 3.28. The van der Waals surface area contributed by atoms with Crippen LogP contribution in [0, 0.1) is 0 Å². The molecule has 4 rings (SSSR count). The second-order valence-corrected chi connectivity index (χ2v) is 5.23. The van der Waals surface area contributed by atoms with Crippen molar-refractivity contribution >= 4 is 22.7 Å². The van der Waals surface area contributed by atoms with Crippen LogP contribution in [0.2, 0.25) is 0 Å². The Balaban J connectivity index is 2.30. The van der Waals surface area contributed by atoms with Gasteiger partial charge in [0.2, 0.25) is 0 Å². The maximum Gasteiger partial charge on any atom is 0.337 e. The number of benzene rings is 3. The van der Waals surface area contributed by atoms with Crippen LogP contribution in [0.15, 0.2) is 48.5 Å². The third-order valence-electron chi connectivity index (χ3n) is 4.10. The van der Waals surface area contributed by atoms with Gasteiger partial charge in [0.15, 0.2) is 0 Å². The van der Waals surface area contributed by atoms with Gasteiger partial charge in [0.05, 0.1) is 11.1 Å². The zero-order chi connectivity index (χ0) is 15.4. The van der Waals surface area contributed by atoms with Crippen molar-refractivity contribution in [3.05, 3.63) is 59.7 Å². The molecule has 0 saturated heterocycles. The average molecular weight is 290 g/mol. The van der Waals surface area contributed by atoms with Gasteiger partial charge in [-0.1, -0.05) is 42.5 Å². The van der Waals surface area contributed by atoms with Gasteiger partial charge >= 0.3 is 11.9 Å². The molecule has 3 aromatic carbocycles. The van der Waals surface area contributed by atoms with E-state index < -0.39 is 11.9 Å². The van der Waals surface area contributed by atoms with Crippen LogP contribution in [-0.4, -0.2) is 22.2 Å². The van der Waals surface area contributed by atoms with Crippen molar-refractivity contribution in [1.82, 2.24) is 0 Å². The van der Waals surface area contributed by atoms with Crippen LogP contribution in [0.4, 0.5) is 0 Å². The highest BCUT2D eigenvalue weighted by molar-refractivity contribution is 6.23. The smallest absolute Gasteiger partial charge is 0.337 e. The predicted molar refractivity (Wildman–Crippen MR) is 82.3 cm³/mol. The number of fused-ring (bicyclic) bond motifs is 3. The van der Waals surface area contributed by atoms with Crippen molar-refractivity contribution in [2.45, 2.75) is 0 Å². The minimum Gasteiger partial charge on any atom is -0.478 e. The number of carboxylic acids is 2. The molecule has 0 heterocycles. The minimum absolute atomic E-state index is 0.141. The van der Waals surface area contributed by atoms with E-state index in [0.29, 0.717) is 5.56 Å². The number of hydrogen-bond acceptors (Lipinski definition) is 2. The van der Waals surface area contributed by atoms with Crippen molar-refractivity contribution in [1.29, 1.82) is 0 Å². The van der Waals surface area contributed by atoms with Crippen LogP contribution in [0.25, 0.3) is 33.0 Å². The van der Waals surface area contributed by atoms with E-state index in [2.05, 4.69) is 0 Å². The van der Waals surface area contributed by atoms with E-state index in [1.165, 1.54) is 6.07 Å². The number of aromatic carboxylic acids is 2. The maximum absolute atomic E-state index is 11.7. The summed E-state index contributed by atoms with van der Waals surface area (Å²) in [6.45, 7) is 0. The van der Waals surface area contributed by atoms with Crippen LogP contribution in [0.5, 0.6) is 0 Å². The molecule has 4 heteroatoms. The standard InChI is InChI=1S/C18H10O4/c19-17(20)13-8-9-4-3-7-11-10-5-1-2-6-12(10)15(14(9)11)16(13)18(21)22/h1-8H,(H,19,20)(H,21,22).